The molecular weight excluding hydrogens is 357 g/mol. The van der Waals surface area contributed by atoms with Crippen LogP contribution < -0.4 is 0 Å². The number of aromatic nitrogens is 7. The maximum Gasteiger partial charge on any atom is 0.205 e. The van der Waals surface area contributed by atoms with E-state index in [9.17, 15) is 4.39 Å². The van der Waals surface area contributed by atoms with Gasteiger partial charge in [0.2, 0.25) is 5.82 Å². The van der Waals surface area contributed by atoms with E-state index in [1.807, 2.05) is 36.4 Å². The second-order valence-corrected chi connectivity index (χ2v) is 6.04. The number of fused-ring (bicyclic) bond motifs is 1. The molecule has 0 amide bonds. The SMILES string of the molecule is Fc1cccc(-c2nnn(-c3nc(-c4cccnc4)nc4ccccc34)n2)c1. The van der Waals surface area contributed by atoms with Gasteiger partial charge in [-0.3, -0.25) is 4.98 Å². The predicted molar refractivity (Wildman–Crippen MR) is 101 cm³/mol. The summed E-state index contributed by atoms with van der Waals surface area (Å²) < 4.78 is 13.5. The normalized spacial score (nSPS) is 11.0. The van der Waals surface area contributed by atoms with Crippen LogP contribution >= 0.6 is 0 Å². The van der Waals surface area contributed by atoms with Crippen LogP contribution in [0.1, 0.15) is 0 Å². The Bertz CT molecular complexity index is 1280. The van der Waals surface area contributed by atoms with Gasteiger partial charge >= 0.3 is 0 Å². The summed E-state index contributed by atoms with van der Waals surface area (Å²) in [5.74, 6) is 0.941. The Balaban J connectivity index is 1.68. The molecule has 0 aliphatic carbocycles. The number of halogens is 1. The molecule has 5 rings (SSSR count). The predicted octanol–water partition coefficient (Wildman–Crippen LogP) is 3.47. The van der Waals surface area contributed by atoms with Crippen LogP contribution in [-0.4, -0.2) is 35.2 Å². The van der Waals surface area contributed by atoms with Crippen molar-refractivity contribution < 1.29 is 4.39 Å². The van der Waals surface area contributed by atoms with E-state index in [4.69, 9.17) is 0 Å². The highest BCUT2D eigenvalue weighted by atomic mass is 19.1. The van der Waals surface area contributed by atoms with Crippen molar-refractivity contribution in [3.05, 3.63) is 78.9 Å². The lowest BCUT2D eigenvalue weighted by Gasteiger charge is -2.07. The molecule has 0 aliphatic heterocycles. The molecule has 0 aliphatic rings. The molecular formula is C20H12FN7. The standard InChI is InChI=1S/C20H12FN7/c21-15-7-3-5-13(11-15)19-25-27-28(26-19)20-16-8-1-2-9-17(16)23-18(24-20)14-6-4-10-22-12-14/h1-12H. The van der Waals surface area contributed by atoms with Gasteiger partial charge in [-0.1, -0.05) is 24.3 Å². The minimum Gasteiger partial charge on any atom is -0.264 e. The van der Waals surface area contributed by atoms with Gasteiger partial charge < -0.3 is 0 Å². The summed E-state index contributed by atoms with van der Waals surface area (Å²) in [5, 5.41) is 13.4. The first kappa shape index (κ1) is 16.1. The molecule has 0 radical (unpaired) electrons. The molecule has 3 aromatic heterocycles. The van der Waals surface area contributed by atoms with Crippen molar-refractivity contribution in [1.82, 2.24) is 35.2 Å². The Morgan fingerprint density at radius 1 is 0.821 bits per heavy atom. The lowest BCUT2D eigenvalue weighted by Crippen LogP contribution is -2.06. The van der Waals surface area contributed by atoms with Crippen LogP contribution in [0.2, 0.25) is 0 Å². The van der Waals surface area contributed by atoms with E-state index in [-0.39, 0.29) is 5.82 Å². The highest BCUT2D eigenvalue weighted by molar-refractivity contribution is 5.86. The molecule has 7 nitrogen and oxygen atoms in total. The third-order valence-electron chi connectivity index (χ3n) is 4.19. The molecule has 0 atom stereocenters. The lowest BCUT2D eigenvalue weighted by molar-refractivity contribution is 0.628. The fraction of sp³-hybridized carbons (Fsp3) is 0. The minimum atomic E-state index is -0.361. The highest BCUT2D eigenvalue weighted by Crippen LogP contribution is 2.23. The molecule has 0 saturated heterocycles. The van der Waals surface area contributed by atoms with Gasteiger partial charge in [-0.05, 0) is 41.6 Å². The molecule has 5 aromatic rings. The van der Waals surface area contributed by atoms with Gasteiger partial charge in [0.05, 0.1) is 5.52 Å². The van der Waals surface area contributed by atoms with Gasteiger partial charge in [0.1, 0.15) is 5.82 Å². The number of rotatable bonds is 3. The zero-order valence-electron chi connectivity index (χ0n) is 14.4. The zero-order chi connectivity index (χ0) is 18.9. The molecule has 8 heteroatoms. The molecule has 134 valence electrons. The smallest absolute Gasteiger partial charge is 0.205 e. The Morgan fingerprint density at radius 2 is 1.71 bits per heavy atom. The number of hydrogen-bond acceptors (Lipinski definition) is 6. The number of hydrogen-bond donors (Lipinski definition) is 0. The van der Waals surface area contributed by atoms with Crippen LogP contribution in [-0.2, 0) is 0 Å². The fourth-order valence-corrected chi connectivity index (χ4v) is 2.88. The average Bonchev–Trinajstić information content (AvgIpc) is 3.24. The number of pyridine rings is 1. The molecule has 0 fully saturated rings. The van der Waals surface area contributed by atoms with Gasteiger partial charge in [-0.25, -0.2) is 14.4 Å². The van der Waals surface area contributed by atoms with Gasteiger partial charge in [-0.15, -0.1) is 15.0 Å². The van der Waals surface area contributed by atoms with Gasteiger partial charge in [-0.2, -0.15) is 0 Å². The average molecular weight is 369 g/mol. The molecule has 28 heavy (non-hydrogen) atoms. The highest BCUT2D eigenvalue weighted by Gasteiger charge is 2.15. The molecule has 0 spiro atoms. The van der Waals surface area contributed by atoms with Crippen LogP contribution in [0.25, 0.3) is 39.5 Å². The van der Waals surface area contributed by atoms with E-state index in [2.05, 4.69) is 30.4 Å². The van der Waals surface area contributed by atoms with Crippen LogP contribution in [0.15, 0.2) is 73.1 Å². The summed E-state index contributed by atoms with van der Waals surface area (Å²) >= 11 is 0. The Labute approximate surface area is 158 Å². The molecule has 2 aromatic carbocycles. The summed E-state index contributed by atoms with van der Waals surface area (Å²) in [5.41, 5.74) is 2.06. The maximum atomic E-state index is 13.5. The summed E-state index contributed by atoms with van der Waals surface area (Å²) in [4.78, 5) is 14.7. The first-order chi connectivity index (χ1) is 13.8. The number of tetrazole rings is 1. The van der Waals surface area contributed by atoms with Crippen molar-refractivity contribution in [2.24, 2.45) is 0 Å². The second kappa shape index (κ2) is 6.58. The first-order valence-corrected chi connectivity index (χ1v) is 8.51. The lowest BCUT2D eigenvalue weighted by atomic mass is 10.2. The van der Waals surface area contributed by atoms with Crippen molar-refractivity contribution in [3.63, 3.8) is 0 Å². The van der Waals surface area contributed by atoms with E-state index in [1.165, 1.54) is 16.9 Å². The van der Waals surface area contributed by atoms with Crippen molar-refractivity contribution in [2.75, 3.05) is 0 Å². The molecule has 0 bridgehead atoms. The van der Waals surface area contributed by atoms with Gasteiger partial charge in [0, 0.05) is 28.9 Å². The number of para-hydroxylation sites is 1. The maximum absolute atomic E-state index is 13.5. The minimum absolute atomic E-state index is 0.310. The fourth-order valence-electron chi connectivity index (χ4n) is 2.88. The van der Waals surface area contributed by atoms with Crippen LogP contribution in [0.4, 0.5) is 4.39 Å². The molecule has 3 heterocycles. The van der Waals surface area contributed by atoms with Gasteiger partial charge in [0.25, 0.3) is 0 Å². The van der Waals surface area contributed by atoms with Crippen molar-refractivity contribution >= 4 is 10.9 Å². The van der Waals surface area contributed by atoms with Crippen molar-refractivity contribution in [3.8, 4) is 28.6 Å². The van der Waals surface area contributed by atoms with Crippen LogP contribution in [0.3, 0.4) is 0 Å². The summed E-state index contributed by atoms with van der Waals surface area (Å²) in [6, 6.07) is 17.3. The van der Waals surface area contributed by atoms with Crippen LogP contribution in [0.5, 0.6) is 0 Å². The van der Waals surface area contributed by atoms with E-state index >= 15 is 0 Å². The number of nitrogens with zero attached hydrogens (tertiary/aromatic N) is 7. The number of benzene rings is 2. The van der Waals surface area contributed by atoms with E-state index in [0.717, 1.165) is 16.5 Å². The van der Waals surface area contributed by atoms with Crippen LogP contribution in [0, 0.1) is 5.82 Å². The second-order valence-electron chi connectivity index (χ2n) is 6.04. The Hall–Kier alpha value is -4.07. The quantitative estimate of drug-likeness (QED) is 0.484. The summed E-state index contributed by atoms with van der Waals surface area (Å²) in [7, 11) is 0. The van der Waals surface area contributed by atoms with E-state index in [1.54, 1.807) is 24.5 Å². The Kier molecular flexibility index (Phi) is 3.79. The zero-order valence-corrected chi connectivity index (χ0v) is 14.4. The Morgan fingerprint density at radius 3 is 2.57 bits per heavy atom. The summed E-state index contributed by atoms with van der Waals surface area (Å²) in [6.07, 6.45) is 3.39. The van der Waals surface area contributed by atoms with E-state index in [0.29, 0.717) is 23.0 Å². The van der Waals surface area contributed by atoms with Gasteiger partial charge in [0.15, 0.2) is 11.6 Å². The first-order valence-electron chi connectivity index (χ1n) is 8.51. The monoisotopic (exact) mass is 369 g/mol. The summed E-state index contributed by atoms with van der Waals surface area (Å²) in [6.45, 7) is 0. The van der Waals surface area contributed by atoms with E-state index < -0.39 is 0 Å². The van der Waals surface area contributed by atoms with Crippen molar-refractivity contribution in [2.45, 2.75) is 0 Å². The third-order valence-corrected chi connectivity index (χ3v) is 4.19. The third kappa shape index (κ3) is 2.86. The molecule has 0 saturated carbocycles. The topological polar surface area (TPSA) is 82.3 Å². The molecule has 0 N–H and O–H groups in total. The largest absolute Gasteiger partial charge is 0.264 e. The van der Waals surface area contributed by atoms with Crippen molar-refractivity contribution in [1.29, 1.82) is 0 Å². The molecule has 0 unspecified atom stereocenters.